The zero-order chi connectivity index (χ0) is 11.3. The van der Waals surface area contributed by atoms with Crippen molar-refractivity contribution in [1.82, 2.24) is 0 Å². The van der Waals surface area contributed by atoms with E-state index in [0.717, 1.165) is 0 Å². The molecular weight excluding hydrogens is 239 g/mol. The molecular formula is C10H10Cl2O3. The molecule has 0 atom stereocenters. The molecule has 0 aliphatic rings. The van der Waals surface area contributed by atoms with Gasteiger partial charge in [0, 0.05) is 12.1 Å². The molecule has 3 nitrogen and oxygen atoms in total. The number of aldehydes is 1. The molecule has 0 aliphatic carbocycles. The third-order valence-electron chi connectivity index (χ3n) is 1.70. The van der Waals surface area contributed by atoms with Gasteiger partial charge in [-0.2, -0.15) is 0 Å². The number of rotatable bonds is 5. The van der Waals surface area contributed by atoms with Gasteiger partial charge in [0.05, 0.1) is 17.2 Å². The van der Waals surface area contributed by atoms with Gasteiger partial charge in [-0.1, -0.05) is 23.2 Å². The lowest BCUT2D eigenvalue weighted by Gasteiger charge is -2.10. The molecule has 0 saturated carbocycles. The van der Waals surface area contributed by atoms with Gasteiger partial charge in [-0.05, 0) is 12.1 Å². The second-order valence-corrected chi connectivity index (χ2v) is 3.61. The van der Waals surface area contributed by atoms with E-state index in [1.807, 2.05) is 0 Å². The summed E-state index contributed by atoms with van der Waals surface area (Å²) in [5.74, 6) is 0.341. The largest absolute Gasteiger partial charge is 0.489 e. The summed E-state index contributed by atoms with van der Waals surface area (Å²) < 4.78 is 10.1. The zero-order valence-electron chi connectivity index (χ0n) is 8.13. The highest BCUT2D eigenvalue weighted by Crippen LogP contribution is 2.31. The summed E-state index contributed by atoms with van der Waals surface area (Å²) in [6, 6.07) is 3.03. The van der Waals surface area contributed by atoms with E-state index in [0.29, 0.717) is 40.9 Å². The number of ether oxygens (including phenoxy) is 2. The van der Waals surface area contributed by atoms with Gasteiger partial charge in [-0.25, -0.2) is 0 Å². The lowest BCUT2D eigenvalue weighted by molar-refractivity contribution is 0.111. The minimum Gasteiger partial charge on any atom is -0.489 e. The van der Waals surface area contributed by atoms with E-state index in [9.17, 15) is 4.79 Å². The van der Waals surface area contributed by atoms with Crippen molar-refractivity contribution in [1.29, 1.82) is 0 Å². The van der Waals surface area contributed by atoms with Crippen molar-refractivity contribution in [2.45, 2.75) is 0 Å². The maximum Gasteiger partial charge on any atom is 0.153 e. The van der Waals surface area contributed by atoms with Crippen LogP contribution in [0.25, 0.3) is 0 Å². The van der Waals surface area contributed by atoms with Crippen LogP contribution in [0.5, 0.6) is 5.75 Å². The van der Waals surface area contributed by atoms with Crippen molar-refractivity contribution in [2.24, 2.45) is 0 Å². The van der Waals surface area contributed by atoms with Crippen molar-refractivity contribution < 1.29 is 14.3 Å². The number of halogens is 2. The SMILES string of the molecule is COCCOc1c(Cl)cc(Cl)cc1C=O. The molecule has 0 fully saturated rings. The Bertz CT molecular complexity index is 353. The number of carbonyl (C=O) groups is 1. The topological polar surface area (TPSA) is 35.5 Å². The number of benzene rings is 1. The number of hydrogen-bond acceptors (Lipinski definition) is 3. The van der Waals surface area contributed by atoms with E-state index >= 15 is 0 Å². The molecule has 0 radical (unpaired) electrons. The fourth-order valence-electron chi connectivity index (χ4n) is 1.05. The first-order chi connectivity index (χ1) is 7.19. The highest BCUT2D eigenvalue weighted by Gasteiger charge is 2.09. The van der Waals surface area contributed by atoms with E-state index in [-0.39, 0.29) is 0 Å². The Hall–Kier alpha value is -0.770. The van der Waals surface area contributed by atoms with Crippen LogP contribution in [0, 0.1) is 0 Å². The van der Waals surface area contributed by atoms with E-state index in [2.05, 4.69) is 0 Å². The van der Waals surface area contributed by atoms with Crippen LogP contribution in [0.1, 0.15) is 10.4 Å². The first-order valence-electron chi connectivity index (χ1n) is 4.25. The minimum absolute atomic E-state index is 0.320. The number of methoxy groups -OCH3 is 1. The lowest BCUT2D eigenvalue weighted by atomic mass is 10.2. The lowest BCUT2D eigenvalue weighted by Crippen LogP contribution is -2.06. The summed E-state index contributed by atoms with van der Waals surface area (Å²) in [4.78, 5) is 10.7. The first-order valence-corrected chi connectivity index (χ1v) is 5.00. The van der Waals surface area contributed by atoms with Gasteiger partial charge in [0.25, 0.3) is 0 Å². The molecule has 0 heterocycles. The molecule has 0 amide bonds. The third kappa shape index (κ3) is 3.38. The number of hydrogen-bond donors (Lipinski definition) is 0. The molecule has 1 rings (SSSR count). The predicted octanol–water partition coefficient (Wildman–Crippen LogP) is 2.83. The fourth-order valence-corrected chi connectivity index (χ4v) is 1.61. The average Bonchev–Trinajstić information content (AvgIpc) is 2.20. The van der Waals surface area contributed by atoms with Crippen LogP contribution in [-0.4, -0.2) is 26.6 Å². The molecule has 1 aromatic rings. The Morgan fingerprint density at radius 2 is 2.07 bits per heavy atom. The highest BCUT2D eigenvalue weighted by atomic mass is 35.5. The van der Waals surface area contributed by atoms with Gasteiger partial charge >= 0.3 is 0 Å². The highest BCUT2D eigenvalue weighted by molar-refractivity contribution is 6.36. The Balaban J connectivity index is 2.89. The summed E-state index contributed by atoms with van der Waals surface area (Å²) in [5, 5.41) is 0.724. The van der Waals surface area contributed by atoms with Crippen LogP contribution < -0.4 is 4.74 Å². The quantitative estimate of drug-likeness (QED) is 0.594. The smallest absolute Gasteiger partial charge is 0.153 e. The normalized spacial score (nSPS) is 10.1. The van der Waals surface area contributed by atoms with Crippen LogP contribution in [0.15, 0.2) is 12.1 Å². The summed E-state index contributed by atoms with van der Waals surface area (Å²) in [7, 11) is 1.56. The molecule has 5 heteroatoms. The molecule has 0 aliphatic heterocycles. The van der Waals surface area contributed by atoms with E-state index < -0.39 is 0 Å². The van der Waals surface area contributed by atoms with Crippen LogP contribution in [-0.2, 0) is 4.74 Å². The van der Waals surface area contributed by atoms with Crippen LogP contribution in [0.4, 0.5) is 0 Å². The van der Waals surface area contributed by atoms with Gasteiger partial charge in [0.1, 0.15) is 12.4 Å². The first kappa shape index (κ1) is 12.3. The third-order valence-corrected chi connectivity index (χ3v) is 2.20. The van der Waals surface area contributed by atoms with E-state index in [1.165, 1.54) is 12.1 Å². The van der Waals surface area contributed by atoms with Crippen molar-refractivity contribution in [3.63, 3.8) is 0 Å². The summed E-state index contributed by atoms with van der Waals surface area (Å²) in [6.07, 6.45) is 0.653. The summed E-state index contributed by atoms with van der Waals surface area (Å²) in [5.41, 5.74) is 0.337. The minimum atomic E-state index is 0.320. The second kappa shape index (κ2) is 5.95. The molecule has 0 spiro atoms. The molecule has 0 bridgehead atoms. The van der Waals surface area contributed by atoms with Gasteiger partial charge in [-0.15, -0.1) is 0 Å². The Labute approximate surface area is 97.9 Å². The van der Waals surface area contributed by atoms with Crippen molar-refractivity contribution in [3.8, 4) is 5.75 Å². The summed E-state index contributed by atoms with van der Waals surface area (Å²) >= 11 is 11.6. The Kier molecular flexibility index (Phi) is 4.88. The van der Waals surface area contributed by atoms with Gasteiger partial charge in [0.2, 0.25) is 0 Å². The van der Waals surface area contributed by atoms with Crippen molar-refractivity contribution >= 4 is 29.5 Å². The van der Waals surface area contributed by atoms with Gasteiger partial charge < -0.3 is 9.47 Å². The van der Waals surface area contributed by atoms with Gasteiger partial charge in [-0.3, -0.25) is 4.79 Å². The molecule has 0 saturated heterocycles. The van der Waals surface area contributed by atoms with E-state index in [1.54, 1.807) is 7.11 Å². The molecule has 0 aromatic heterocycles. The average molecular weight is 249 g/mol. The number of carbonyl (C=O) groups excluding carboxylic acids is 1. The van der Waals surface area contributed by atoms with Crippen molar-refractivity contribution in [3.05, 3.63) is 27.7 Å². The molecule has 82 valence electrons. The molecule has 0 N–H and O–H groups in total. The molecule has 15 heavy (non-hydrogen) atoms. The zero-order valence-corrected chi connectivity index (χ0v) is 9.64. The standard InChI is InChI=1S/C10H10Cl2O3/c1-14-2-3-15-10-7(6-13)4-8(11)5-9(10)12/h4-6H,2-3H2,1H3. The fraction of sp³-hybridized carbons (Fsp3) is 0.300. The van der Waals surface area contributed by atoms with Gasteiger partial charge in [0.15, 0.2) is 6.29 Å². The Morgan fingerprint density at radius 1 is 1.33 bits per heavy atom. The van der Waals surface area contributed by atoms with Crippen molar-refractivity contribution in [2.75, 3.05) is 20.3 Å². The van der Waals surface area contributed by atoms with Crippen LogP contribution >= 0.6 is 23.2 Å². The van der Waals surface area contributed by atoms with Crippen LogP contribution in [0.3, 0.4) is 0 Å². The predicted molar refractivity (Wildman–Crippen MR) is 59.2 cm³/mol. The molecule has 0 unspecified atom stereocenters. The Morgan fingerprint density at radius 3 is 2.67 bits per heavy atom. The monoisotopic (exact) mass is 248 g/mol. The second-order valence-electron chi connectivity index (χ2n) is 2.77. The molecule has 1 aromatic carbocycles. The summed E-state index contributed by atoms with van der Waals surface area (Å²) in [6.45, 7) is 0.760. The van der Waals surface area contributed by atoms with E-state index in [4.69, 9.17) is 32.7 Å². The maximum absolute atomic E-state index is 10.7. The maximum atomic E-state index is 10.7. The van der Waals surface area contributed by atoms with Crippen LogP contribution in [0.2, 0.25) is 10.0 Å².